The molecule has 3 atom stereocenters. The van der Waals surface area contributed by atoms with Crippen molar-refractivity contribution in [3.63, 3.8) is 0 Å². The van der Waals surface area contributed by atoms with Crippen LogP contribution >= 0.6 is 0 Å². The Kier molecular flexibility index (Phi) is 4.83. The molecule has 18 heavy (non-hydrogen) atoms. The monoisotopic (exact) mass is 251 g/mol. The zero-order valence-corrected chi connectivity index (χ0v) is 10.9. The van der Waals surface area contributed by atoms with E-state index in [1.54, 1.807) is 39.0 Å². The molecule has 98 valence electrons. The number of rotatable bonds is 5. The third kappa shape index (κ3) is 3.80. The highest BCUT2D eigenvalue weighted by Crippen LogP contribution is 2.21. The number of hydrogen-bond donors (Lipinski definition) is 1. The van der Waals surface area contributed by atoms with Gasteiger partial charge in [-0.05, 0) is 32.4 Å². The summed E-state index contributed by atoms with van der Waals surface area (Å²) >= 11 is 0. The Morgan fingerprint density at radius 3 is 2.56 bits per heavy atom. The van der Waals surface area contributed by atoms with E-state index in [1.807, 2.05) is 6.07 Å². The van der Waals surface area contributed by atoms with E-state index in [0.29, 0.717) is 5.56 Å². The molecule has 1 aromatic rings. The average molecular weight is 251 g/mol. The Balaban J connectivity index is 2.84. The molecule has 0 aliphatic heterocycles. The van der Waals surface area contributed by atoms with E-state index >= 15 is 0 Å². The van der Waals surface area contributed by atoms with Gasteiger partial charge in [0.05, 0.1) is 18.3 Å². The molecule has 0 saturated carbocycles. The summed E-state index contributed by atoms with van der Waals surface area (Å²) in [7, 11) is 0. The highest BCUT2D eigenvalue weighted by molar-refractivity contribution is 5.22. The van der Waals surface area contributed by atoms with Crippen molar-refractivity contribution in [1.82, 2.24) is 0 Å². The predicted octanol–water partition coefficient (Wildman–Crippen LogP) is 2.44. The van der Waals surface area contributed by atoms with Crippen LogP contribution < -0.4 is 0 Å². The Labute approximate surface area is 107 Å². The fourth-order valence-corrected chi connectivity index (χ4v) is 1.62. The maximum absolute atomic E-state index is 13.5. The Morgan fingerprint density at radius 2 is 2.06 bits per heavy atom. The molecule has 0 heterocycles. The van der Waals surface area contributed by atoms with Gasteiger partial charge in [-0.3, -0.25) is 0 Å². The molecule has 0 aromatic heterocycles. The maximum Gasteiger partial charge on any atom is 0.156 e. The van der Waals surface area contributed by atoms with E-state index in [9.17, 15) is 14.8 Å². The summed E-state index contributed by atoms with van der Waals surface area (Å²) in [4.78, 5) is 0. The van der Waals surface area contributed by atoms with Crippen molar-refractivity contribution in [2.24, 2.45) is 0 Å². The first kappa shape index (κ1) is 14.6. The number of nitrogens with zero attached hydrogens (tertiary/aromatic N) is 1. The van der Waals surface area contributed by atoms with Gasteiger partial charge in [-0.1, -0.05) is 18.2 Å². The van der Waals surface area contributed by atoms with E-state index in [4.69, 9.17) is 4.74 Å². The molecule has 1 aromatic carbocycles. The van der Waals surface area contributed by atoms with Gasteiger partial charge in [-0.15, -0.1) is 0 Å². The molecule has 0 aliphatic carbocycles. The summed E-state index contributed by atoms with van der Waals surface area (Å²) in [6, 6.07) is 8.33. The van der Waals surface area contributed by atoms with Crippen molar-refractivity contribution in [1.29, 1.82) is 5.26 Å². The van der Waals surface area contributed by atoms with E-state index in [2.05, 4.69) is 0 Å². The minimum absolute atomic E-state index is 0.146. The number of nitriles is 1. The van der Waals surface area contributed by atoms with Crippen LogP contribution in [0.2, 0.25) is 0 Å². The third-order valence-corrected chi connectivity index (χ3v) is 2.85. The fraction of sp³-hybridized carbons (Fsp3) is 0.500. The minimum atomic E-state index is -1.15. The van der Waals surface area contributed by atoms with Crippen LogP contribution in [0.1, 0.15) is 26.3 Å². The SMILES string of the molecule is CC(O)C(C)OC(C)(C#N)Cc1ccccc1F. The normalized spacial score (nSPS) is 17.6. The van der Waals surface area contributed by atoms with Crippen LogP contribution in [0.5, 0.6) is 0 Å². The summed E-state index contributed by atoms with van der Waals surface area (Å²) in [6.07, 6.45) is -1.02. The quantitative estimate of drug-likeness (QED) is 0.874. The zero-order chi connectivity index (χ0) is 13.8. The lowest BCUT2D eigenvalue weighted by atomic mass is 9.97. The third-order valence-electron chi connectivity index (χ3n) is 2.85. The number of ether oxygens (including phenoxy) is 1. The molecular formula is C14H18FNO2. The predicted molar refractivity (Wildman–Crippen MR) is 66.3 cm³/mol. The van der Waals surface area contributed by atoms with E-state index in [1.165, 1.54) is 6.07 Å². The number of hydrogen-bond acceptors (Lipinski definition) is 3. The second kappa shape index (κ2) is 5.94. The zero-order valence-electron chi connectivity index (χ0n) is 10.9. The van der Waals surface area contributed by atoms with Crippen LogP contribution in [-0.2, 0) is 11.2 Å². The molecule has 4 heteroatoms. The second-order valence-corrected chi connectivity index (χ2v) is 4.67. The summed E-state index contributed by atoms with van der Waals surface area (Å²) in [5.41, 5.74) is -0.724. The largest absolute Gasteiger partial charge is 0.391 e. The van der Waals surface area contributed by atoms with Crippen LogP contribution in [0.4, 0.5) is 4.39 Å². The molecular weight excluding hydrogens is 233 g/mol. The summed E-state index contributed by atoms with van der Waals surface area (Å²) in [5.74, 6) is -0.354. The van der Waals surface area contributed by atoms with Crippen LogP contribution in [0.3, 0.4) is 0 Å². The summed E-state index contributed by atoms with van der Waals surface area (Å²) in [5, 5.41) is 18.6. The van der Waals surface area contributed by atoms with Crippen LogP contribution in [0.15, 0.2) is 24.3 Å². The van der Waals surface area contributed by atoms with Crippen molar-refractivity contribution >= 4 is 0 Å². The highest BCUT2D eigenvalue weighted by Gasteiger charge is 2.30. The second-order valence-electron chi connectivity index (χ2n) is 4.67. The molecule has 1 N–H and O–H groups in total. The van der Waals surface area contributed by atoms with E-state index in [-0.39, 0.29) is 12.2 Å². The van der Waals surface area contributed by atoms with Crippen LogP contribution in [-0.4, -0.2) is 22.9 Å². The lowest BCUT2D eigenvalue weighted by molar-refractivity contribution is -0.0871. The molecule has 0 spiro atoms. The van der Waals surface area contributed by atoms with Gasteiger partial charge in [0, 0.05) is 6.42 Å². The molecule has 0 amide bonds. The van der Waals surface area contributed by atoms with Crippen molar-refractivity contribution in [2.45, 2.75) is 45.0 Å². The first-order chi connectivity index (χ1) is 8.38. The molecule has 0 fully saturated rings. The number of halogens is 1. The lowest BCUT2D eigenvalue weighted by Crippen LogP contribution is -2.37. The fourth-order valence-electron chi connectivity index (χ4n) is 1.62. The van der Waals surface area contributed by atoms with Crippen molar-refractivity contribution in [3.05, 3.63) is 35.6 Å². The number of aliphatic hydroxyl groups is 1. The molecule has 0 aliphatic rings. The molecule has 1 rings (SSSR count). The summed E-state index contributed by atoms with van der Waals surface area (Å²) < 4.78 is 19.1. The average Bonchev–Trinajstić information content (AvgIpc) is 2.32. The van der Waals surface area contributed by atoms with Crippen molar-refractivity contribution in [2.75, 3.05) is 0 Å². The number of aliphatic hydroxyl groups excluding tert-OH is 1. The Morgan fingerprint density at radius 1 is 1.44 bits per heavy atom. The highest BCUT2D eigenvalue weighted by atomic mass is 19.1. The molecule has 0 saturated heterocycles. The van der Waals surface area contributed by atoms with Crippen molar-refractivity contribution < 1.29 is 14.2 Å². The van der Waals surface area contributed by atoms with Crippen molar-refractivity contribution in [3.8, 4) is 6.07 Å². The Bertz CT molecular complexity index is 442. The standard InChI is InChI=1S/C14H18FNO2/c1-10(17)11(2)18-14(3,9-16)8-12-6-4-5-7-13(12)15/h4-7,10-11,17H,8H2,1-3H3. The smallest absolute Gasteiger partial charge is 0.156 e. The maximum atomic E-state index is 13.5. The molecule has 0 radical (unpaired) electrons. The van der Waals surface area contributed by atoms with Gasteiger partial charge in [0.1, 0.15) is 5.82 Å². The first-order valence-electron chi connectivity index (χ1n) is 5.88. The van der Waals surface area contributed by atoms with Crippen LogP contribution in [0.25, 0.3) is 0 Å². The van der Waals surface area contributed by atoms with Gasteiger partial charge >= 0.3 is 0 Å². The van der Waals surface area contributed by atoms with Gasteiger partial charge in [0.25, 0.3) is 0 Å². The number of benzene rings is 1. The van der Waals surface area contributed by atoms with E-state index < -0.39 is 17.8 Å². The molecule has 3 unspecified atom stereocenters. The molecule has 3 nitrogen and oxygen atoms in total. The Hall–Kier alpha value is -1.44. The summed E-state index contributed by atoms with van der Waals surface area (Å²) in [6.45, 7) is 4.87. The minimum Gasteiger partial charge on any atom is -0.391 e. The van der Waals surface area contributed by atoms with E-state index in [0.717, 1.165) is 0 Å². The lowest BCUT2D eigenvalue weighted by Gasteiger charge is -2.28. The van der Waals surface area contributed by atoms with Gasteiger partial charge < -0.3 is 9.84 Å². The van der Waals surface area contributed by atoms with Crippen LogP contribution in [0, 0.1) is 17.1 Å². The van der Waals surface area contributed by atoms with Gasteiger partial charge in [-0.25, -0.2) is 4.39 Å². The van der Waals surface area contributed by atoms with Gasteiger partial charge in [0.2, 0.25) is 0 Å². The topological polar surface area (TPSA) is 53.2 Å². The molecule has 0 bridgehead atoms. The van der Waals surface area contributed by atoms with Gasteiger partial charge in [0.15, 0.2) is 5.60 Å². The first-order valence-corrected chi connectivity index (χ1v) is 5.88. The van der Waals surface area contributed by atoms with Gasteiger partial charge in [-0.2, -0.15) is 5.26 Å².